The van der Waals surface area contributed by atoms with E-state index in [1.807, 2.05) is 30.3 Å². The van der Waals surface area contributed by atoms with Gasteiger partial charge >= 0.3 is 5.97 Å². The molecule has 1 aromatic carbocycles. The molecule has 1 aliphatic heterocycles. The Bertz CT molecular complexity index is 573. The van der Waals surface area contributed by atoms with Crippen LogP contribution in [0.15, 0.2) is 35.2 Å². The van der Waals surface area contributed by atoms with Crippen molar-refractivity contribution in [1.29, 1.82) is 0 Å². The molecule has 4 N–H and O–H groups in total. The van der Waals surface area contributed by atoms with Crippen LogP contribution in [0.4, 0.5) is 0 Å². The lowest BCUT2D eigenvalue weighted by Gasteiger charge is -2.10. The molecule has 2 rings (SSSR count). The summed E-state index contributed by atoms with van der Waals surface area (Å²) in [5, 5.41) is 16.5. The number of thiocarbonyl (C=S) groups is 1. The first-order chi connectivity index (χ1) is 10.5. The number of carboxylic acids is 1. The highest BCUT2D eigenvalue weighted by molar-refractivity contribution is 8.26. The van der Waals surface area contributed by atoms with Gasteiger partial charge in [0, 0.05) is 6.54 Å². The van der Waals surface area contributed by atoms with Crippen LogP contribution in [0.5, 0.6) is 0 Å². The third kappa shape index (κ3) is 5.57. The molecule has 0 unspecified atom stereocenters. The Labute approximate surface area is 137 Å². The van der Waals surface area contributed by atoms with Crippen molar-refractivity contribution < 1.29 is 19.8 Å². The Morgan fingerprint density at radius 2 is 1.95 bits per heavy atom. The van der Waals surface area contributed by atoms with Crippen LogP contribution in [0.25, 0.3) is 6.08 Å². The molecule has 1 amide bonds. The predicted molar refractivity (Wildman–Crippen MR) is 90.1 cm³/mol. The highest BCUT2D eigenvalue weighted by Crippen LogP contribution is 2.32. The van der Waals surface area contributed by atoms with Crippen LogP contribution in [-0.4, -0.2) is 51.0 Å². The number of aliphatic carboxylic acids is 1. The molecule has 6 nitrogen and oxygen atoms in total. The maximum atomic E-state index is 11.9. The minimum Gasteiger partial charge on any atom is -0.480 e. The second-order valence-corrected chi connectivity index (χ2v) is 5.76. The number of carbonyl (C=O) groups excluding carboxylic acids is 1. The lowest BCUT2D eigenvalue weighted by Crippen LogP contribution is -2.33. The van der Waals surface area contributed by atoms with E-state index in [1.54, 1.807) is 6.08 Å². The van der Waals surface area contributed by atoms with Gasteiger partial charge < -0.3 is 15.9 Å². The van der Waals surface area contributed by atoms with Gasteiger partial charge in [0.05, 0.1) is 11.5 Å². The van der Waals surface area contributed by atoms with Crippen molar-refractivity contribution in [3.05, 3.63) is 40.8 Å². The summed E-state index contributed by atoms with van der Waals surface area (Å²) in [6.07, 6.45) is 1.71. The number of rotatable bonds is 4. The summed E-state index contributed by atoms with van der Waals surface area (Å²) < 4.78 is 0.282. The van der Waals surface area contributed by atoms with Crippen LogP contribution >= 0.6 is 24.0 Å². The van der Waals surface area contributed by atoms with Crippen LogP contribution in [0.1, 0.15) is 5.56 Å². The highest BCUT2D eigenvalue weighted by atomic mass is 32.2. The maximum Gasteiger partial charge on any atom is 0.323 e. The second kappa shape index (κ2) is 9.31. The van der Waals surface area contributed by atoms with Gasteiger partial charge in [0.15, 0.2) is 0 Å². The Balaban J connectivity index is 0.000000541. The van der Waals surface area contributed by atoms with Gasteiger partial charge in [-0.05, 0) is 11.6 Å². The smallest absolute Gasteiger partial charge is 0.323 e. The first-order valence-corrected chi connectivity index (χ1v) is 7.55. The molecule has 0 aromatic heterocycles. The van der Waals surface area contributed by atoms with Crippen molar-refractivity contribution in [2.45, 2.75) is 0 Å². The van der Waals surface area contributed by atoms with Crippen molar-refractivity contribution in [2.24, 2.45) is 5.73 Å². The quantitative estimate of drug-likeness (QED) is 0.553. The van der Waals surface area contributed by atoms with E-state index in [2.05, 4.69) is 0 Å². The van der Waals surface area contributed by atoms with E-state index in [0.717, 1.165) is 22.2 Å². The van der Waals surface area contributed by atoms with Crippen LogP contribution < -0.4 is 5.73 Å². The standard InChI is InChI=1S/C12H9NO3S2.C2H7NO/c14-10(15)7-13-11(16)9(18-12(13)17)6-8-4-2-1-3-5-8;3-1-2-4/h1-6H,7H2,(H,14,15);4H,1-3H2/b9-6-;. The van der Waals surface area contributed by atoms with Gasteiger partial charge in [-0.15, -0.1) is 0 Å². The monoisotopic (exact) mass is 340 g/mol. The molecule has 1 heterocycles. The molecule has 22 heavy (non-hydrogen) atoms. The van der Waals surface area contributed by atoms with Gasteiger partial charge in [-0.2, -0.15) is 0 Å². The fraction of sp³-hybridized carbons (Fsp3) is 0.214. The number of aliphatic hydroxyl groups excluding tert-OH is 1. The van der Waals surface area contributed by atoms with Crippen LogP contribution in [0.2, 0.25) is 0 Å². The van der Waals surface area contributed by atoms with Gasteiger partial charge in [-0.1, -0.05) is 54.3 Å². The molecule has 118 valence electrons. The van der Waals surface area contributed by atoms with Crippen molar-refractivity contribution in [3.63, 3.8) is 0 Å². The summed E-state index contributed by atoms with van der Waals surface area (Å²) in [6, 6.07) is 9.34. The highest BCUT2D eigenvalue weighted by Gasteiger charge is 2.33. The second-order valence-electron chi connectivity index (χ2n) is 4.08. The molecule has 0 aliphatic carbocycles. The number of nitrogens with zero attached hydrogens (tertiary/aromatic N) is 1. The minimum atomic E-state index is -1.08. The number of carboxylic acid groups (broad SMARTS) is 1. The normalized spacial score (nSPS) is 15.7. The van der Waals surface area contributed by atoms with Gasteiger partial charge in [-0.3, -0.25) is 14.5 Å². The number of carbonyl (C=O) groups is 2. The van der Waals surface area contributed by atoms with E-state index in [-0.39, 0.29) is 16.8 Å². The van der Waals surface area contributed by atoms with Crippen molar-refractivity contribution in [2.75, 3.05) is 19.7 Å². The van der Waals surface area contributed by atoms with Crippen molar-refractivity contribution in [1.82, 2.24) is 4.90 Å². The Hall–Kier alpha value is -1.74. The molecule has 0 saturated carbocycles. The first kappa shape index (κ1) is 18.3. The van der Waals surface area contributed by atoms with Gasteiger partial charge in [0.1, 0.15) is 10.9 Å². The van der Waals surface area contributed by atoms with E-state index in [9.17, 15) is 9.59 Å². The van der Waals surface area contributed by atoms with Crippen LogP contribution in [0.3, 0.4) is 0 Å². The Morgan fingerprint density at radius 3 is 2.45 bits per heavy atom. The zero-order chi connectivity index (χ0) is 16.5. The fourth-order valence-electron chi connectivity index (χ4n) is 1.47. The Morgan fingerprint density at radius 1 is 1.36 bits per heavy atom. The molecule has 1 aromatic rings. The van der Waals surface area contributed by atoms with Crippen molar-refractivity contribution >= 4 is 46.3 Å². The number of hydrogen-bond donors (Lipinski definition) is 3. The van der Waals surface area contributed by atoms with E-state index in [0.29, 0.717) is 11.4 Å². The first-order valence-electron chi connectivity index (χ1n) is 6.32. The van der Waals surface area contributed by atoms with E-state index < -0.39 is 12.5 Å². The molecule has 1 saturated heterocycles. The van der Waals surface area contributed by atoms with Crippen LogP contribution in [0, 0.1) is 0 Å². The number of thioether (sulfide) groups is 1. The SMILES string of the molecule is NCCO.O=C(O)CN1C(=O)/C(=C/c2ccccc2)SC1=S. The molecule has 1 fully saturated rings. The zero-order valence-electron chi connectivity index (χ0n) is 11.6. The third-order valence-electron chi connectivity index (χ3n) is 2.39. The van der Waals surface area contributed by atoms with Crippen LogP contribution in [-0.2, 0) is 9.59 Å². The number of hydrogen-bond acceptors (Lipinski definition) is 6. The maximum absolute atomic E-state index is 11.9. The summed E-state index contributed by atoms with van der Waals surface area (Å²) in [5.41, 5.74) is 5.66. The summed E-state index contributed by atoms with van der Waals surface area (Å²) in [7, 11) is 0. The number of nitrogens with two attached hydrogens (primary N) is 1. The number of amides is 1. The molecular weight excluding hydrogens is 324 g/mol. The molecule has 0 atom stereocenters. The van der Waals surface area contributed by atoms with E-state index in [1.165, 1.54) is 0 Å². The zero-order valence-corrected chi connectivity index (χ0v) is 13.3. The average molecular weight is 340 g/mol. The molecule has 8 heteroatoms. The van der Waals surface area contributed by atoms with Crippen molar-refractivity contribution in [3.8, 4) is 0 Å². The van der Waals surface area contributed by atoms with Gasteiger partial charge in [0.2, 0.25) is 0 Å². The summed E-state index contributed by atoms with van der Waals surface area (Å²) in [4.78, 5) is 24.1. The average Bonchev–Trinajstić information content (AvgIpc) is 2.76. The molecular formula is C14H16N2O4S2. The third-order valence-corrected chi connectivity index (χ3v) is 3.77. The summed E-state index contributed by atoms with van der Waals surface area (Å²) >= 11 is 6.12. The fourth-order valence-corrected chi connectivity index (χ4v) is 2.73. The predicted octanol–water partition coefficient (Wildman–Crippen LogP) is 0.910. The molecule has 1 aliphatic rings. The van der Waals surface area contributed by atoms with E-state index in [4.69, 9.17) is 28.2 Å². The summed E-state index contributed by atoms with van der Waals surface area (Å²) in [6.45, 7) is 0.0802. The molecule has 0 bridgehead atoms. The lowest BCUT2D eigenvalue weighted by atomic mass is 10.2. The summed E-state index contributed by atoms with van der Waals surface area (Å²) in [5.74, 6) is -1.43. The largest absolute Gasteiger partial charge is 0.480 e. The van der Waals surface area contributed by atoms with Gasteiger partial charge in [0.25, 0.3) is 5.91 Å². The van der Waals surface area contributed by atoms with E-state index >= 15 is 0 Å². The number of benzene rings is 1. The topological polar surface area (TPSA) is 104 Å². The lowest BCUT2D eigenvalue weighted by molar-refractivity contribution is -0.140. The molecule has 0 spiro atoms. The Kier molecular flexibility index (Phi) is 7.75. The van der Waals surface area contributed by atoms with Gasteiger partial charge in [-0.25, -0.2) is 0 Å². The minimum absolute atomic E-state index is 0.0972. The molecule has 0 radical (unpaired) electrons. The number of aliphatic hydroxyl groups is 1.